The van der Waals surface area contributed by atoms with Crippen molar-refractivity contribution in [3.63, 3.8) is 0 Å². The Hall–Kier alpha value is -1.86. The van der Waals surface area contributed by atoms with Gasteiger partial charge < -0.3 is 5.11 Å². The monoisotopic (exact) mass is 282 g/mol. The SMILES string of the molecule is C=Cc1cc(/C=C\C=C\C)c(C)cc1/C(=C\C(C)C)CO. The summed E-state index contributed by atoms with van der Waals surface area (Å²) in [5.74, 6) is 0.402. The molecule has 0 radical (unpaired) electrons. The van der Waals surface area contributed by atoms with E-state index in [-0.39, 0.29) is 6.61 Å². The summed E-state index contributed by atoms with van der Waals surface area (Å²) < 4.78 is 0. The molecule has 1 rings (SSSR count). The Kier molecular flexibility index (Phi) is 6.90. The summed E-state index contributed by atoms with van der Waals surface area (Å²) >= 11 is 0. The highest BCUT2D eigenvalue weighted by atomic mass is 16.3. The van der Waals surface area contributed by atoms with E-state index in [1.807, 2.05) is 31.2 Å². The second kappa shape index (κ2) is 8.43. The van der Waals surface area contributed by atoms with E-state index >= 15 is 0 Å². The highest BCUT2D eigenvalue weighted by Crippen LogP contribution is 2.26. The Labute approximate surface area is 129 Å². The van der Waals surface area contributed by atoms with Crippen molar-refractivity contribution >= 4 is 17.7 Å². The molecule has 0 aliphatic rings. The highest BCUT2D eigenvalue weighted by molar-refractivity contribution is 5.77. The normalized spacial score (nSPS) is 12.8. The molecular formula is C20H26O. The van der Waals surface area contributed by atoms with Crippen LogP contribution in [0.1, 0.15) is 43.0 Å². The summed E-state index contributed by atoms with van der Waals surface area (Å²) in [4.78, 5) is 0. The van der Waals surface area contributed by atoms with Crippen LogP contribution >= 0.6 is 0 Å². The molecule has 0 aliphatic carbocycles. The zero-order valence-electron chi connectivity index (χ0n) is 13.6. The molecule has 0 spiro atoms. The Balaban J connectivity index is 3.36. The predicted octanol–water partition coefficient (Wildman–Crippen LogP) is 5.26. The van der Waals surface area contributed by atoms with Crippen LogP contribution in [0.15, 0.2) is 43.0 Å². The quantitative estimate of drug-likeness (QED) is 0.706. The largest absolute Gasteiger partial charge is 0.392 e. The lowest BCUT2D eigenvalue weighted by atomic mass is 9.92. The molecule has 0 heterocycles. The highest BCUT2D eigenvalue weighted by Gasteiger charge is 2.09. The van der Waals surface area contributed by atoms with E-state index < -0.39 is 0 Å². The van der Waals surface area contributed by atoms with E-state index in [0.29, 0.717) is 5.92 Å². The summed E-state index contributed by atoms with van der Waals surface area (Å²) in [5.41, 5.74) is 5.46. The molecule has 1 aromatic carbocycles. The van der Waals surface area contributed by atoms with Gasteiger partial charge in [-0.1, -0.05) is 62.9 Å². The number of hydrogen-bond donors (Lipinski definition) is 1. The standard InChI is InChI=1S/C20H26O/c1-6-8-9-10-18-13-17(7-2)20(12-16(18)5)19(14-21)11-15(3)4/h6-13,15,21H,2,14H2,1,3-5H3/b8-6+,10-9-,19-11-. The number of aliphatic hydroxyl groups excluding tert-OH is 1. The first-order valence-corrected chi connectivity index (χ1v) is 7.41. The third-order valence-corrected chi connectivity index (χ3v) is 3.29. The predicted molar refractivity (Wildman–Crippen MR) is 95.0 cm³/mol. The topological polar surface area (TPSA) is 20.2 Å². The zero-order chi connectivity index (χ0) is 15.8. The fourth-order valence-corrected chi connectivity index (χ4v) is 2.27. The van der Waals surface area contributed by atoms with E-state index in [2.05, 4.69) is 51.6 Å². The second-order valence-electron chi connectivity index (χ2n) is 5.48. The third kappa shape index (κ3) is 4.87. The zero-order valence-corrected chi connectivity index (χ0v) is 13.6. The van der Waals surface area contributed by atoms with Crippen molar-refractivity contribution in [1.29, 1.82) is 0 Å². The van der Waals surface area contributed by atoms with Crippen LogP contribution in [0.4, 0.5) is 0 Å². The third-order valence-electron chi connectivity index (χ3n) is 3.29. The molecule has 0 aliphatic heterocycles. The lowest BCUT2D eigenvalue weighted by Crippen LogP contribution is -1.98. The fraction of sp³-hybridized carbons (Fsp3) is 0.300. The molecule has 0 bridgehead atoms. The minimum absolute atomic E-state index is 0.0478. The lowest BCUT2D eigenvalue weighted by Gasteiger charge is -2.13. The van der Waals surface area contributed by atoms with Gasteiger partial charge in [0.25, 0.3) is 0 Å². The van der Waals surface area contributed by atoms with Gasteiger partial charge in [-0.2, -0.15) is 0 Å². The Morgan fingerprint density at radius 2 is 1.95 bits per heavy atom. The number of aliphatic hydroxyl groups is 1. The van der Waals surface area contributed by atoms with Gasteiger partial charge in [0.1, 0.15) is 0 Å². The molecule has 21 heavy (non-hydrogen) atoms. The van der Waals surface area contributed by atoms with Crippen molar-refractivity contribution in [3.05, 3.63) is 65.3 Å². The molecule has 1 aromatic rings. The maximum atomic E-state index is 9.66. The van der Waals surface area contributed by atoms with Crippen LogP contribution in [0.5, 0.6) is 0 Å². The average Bonchev–Trinajstić information content (AvgIpc) is 2.46. The molecule has 112 valence electrons. The fourth-order valence-electron chi connectivity index (χ4n) is 2.27. The van der Waals surface area contributed by atoms with Gasteiger partial charge in [-0.3, -0.25) is 0 Å². The minimum Gasteiger partial charge on any atom is -0.392 e. The van der Waals surface area contributed by atoms with Gasteiger partial charge in [0, 0.05) is 0 Å². The van der Waals surface area contributed by atoms with E-state index in [9.17, 15) is 5.11 Å². The number of rotatable bonds is 6. The van der Waals surface area contributed by atoms with Crippen molar-refractivity contribution in [2.24, 2.45) is 5.92 Å². The number of allylic oxidation sites excluding steroid dienone is 4. The summed E-state index contributed by atoms with van der Waals surface area (Å²) in [5, 5.41) is 9.66. The van der Waals surface area contributed by atoms with Gasteiger partial charge in [0.2, 0.25) is 0 Å². The summed E-state index contributed by atoms with van der Waals surface area (Å²) in [6, 6.07) is 4.26. The van der Waals surface area contributed by atoms with Crippen molar-refractivity contribution in [3.8, 4) is 0 Å². The minimum atomic E-state index is 0.0478. The first kappa shape index (κ1) is 17.2. The van der Waals surface area contributed by atoms with Gasteiger partial charge in [0.15, 0.2) is 0 Å². The molecule has 0 fully saturated rings. The first-order chi connectivity index (χ1) is 10.0. The van der Waals surface area contributed by atoms with Crippen LogP contribution in [0, 0.1) is 12.8 Å². The molecule has 0 saturated heterocycles. The van der Waals surface area contributed by atoms with Crippen molar-refractivity contribution in [1.82, 2.24) is 0 Å². The maximum Gasteiger partial charge on any atom is 0.0684 e. The van der Waals surface area contributed by atoms with Crippen LogP contribution < -0.4 is 0 Å². The Bertz CT molecular complexity index is 572. The van der Waals surface area contributed by atoms with Crippen molar-refractivity contribution in [2.75, 3.05) is 6.61 Å². The molecule has 0 atom stereocenters. The van der Waals surface area contributed by atoms with Crippen LogP contribution in [0.2, 0.25) is 0 Å². The van der Waals surface area contributed by atoms with E-state index in [1.165, 1.54) is 11.1 Å². The summed E-state index contributed by atoms with van der Waals surface area (Å²) in [6.45, 7) is 12.3. The smallest absolute Gasteiger partial charge is 0.0684 e. The lowest BCUT2D eigenvalue weighted by molar-refractivity contribution is 0.349. The van der Waals surface area contributed by atoms with E-state index in [4.69, 9.17) is 0 Å². The molecule has 1 heteroatoms. The molecular weight excluding hydrogens is 256 g/mol. The second-order valence-corrected chi connectivity index (χ2v) is 5.48. The molecule has 1 N–H and O–H groups in total. The van der Waals surface area contributed by atoms with Crippen LogP contribution in [-0.4, -0.2) is 11.7 Å². The Morgan fingerprint density at radius 3 is 2.48 bits per heavy atom. The molecule has 0 amide bonds. The number of aryl methyl sites for hydroxylation is 1. The average molecular weight is 282 g/mol. The molecule has 1 nitrogen and oxygen atoms in total. The van der Waals surface area contributed by atoms with E-state index in [1.54, 1.807) is 0 Å². The Morgan fingerprint density at radius 1 is 1.24 bits per heavy atom. The van der Waals surface area contributed by atoms with Gasteiger partial charge >= 0.3 is 0 Å². The van der Waals surface area contributed by atoms with Crippen molar-refractivity contribution in [2.45, 2.75) is 27.7 Å². The molecule has 0 unspecified atom stereocenters. The van der Waals surface area contributed by atoms with E-state index in [0.717, 1.165) is 16.7 Å². The maximum absolute atomic E-state index is 9.66. The first-order valence-electron chi connectivity index (χ1n) is 7.41. The number of hydrogen-bond acceptors (Lipinski definition) is 1. The van der Waals surface area contributed by atoms with Crippen LogP contribution in [0.25, 0.3) is 17.7 Å². The summed E-state index contributed by atoms with van der Waals surface area (Å²) in [7, 11) is 0. The van der Waals surface area contributed by atoms with Gasteiger partial charge in [-0.15, -0.1) is 0 Å². The molecule has 0 aromatic heterocycles. The van der Waals surface area contributed by atoms with Gasteiger partial charge in [0.05, 0.1) is 6.61 Å². The van der Waals surface area contributed by atoms with Crippen LogP contribution in [-0.2, 0) is 0 Å². The van der Waals surface area contributed by atoms with Gasteiger partial charge in [-0.05, 0) is 53.7 Å². The van der Waals surface area contributed by atoms with Gasteiger partial charge in [-0.25, -0.2) is 0 Å². The summed E-state index contributed by atoms with van der Waals surface area (Å²) in [6.07, 6.45) is 12.1. The van der Waals surface area contributed by atoms with Crippen molar-refractivity contribution < 1.29 is 5.11 Å². The number of benzene rings is 1. The molecule has 0 saturated carbocycles. The van der Waals surface area contributed by atoms with Crippen LogP contribution in [0.3, 0.4) is 0 Å².